The minimum Gasteiger partial charge on any atom is -0.508 e. The molecule has 10 N–H and O–H groups in total. The quantitative estimate of drug-likeness (QED) is 0.132. The van der Waals surface area contributed by atoms with Crippen molar-refractivity contribution in [2.75, 3.05) is 13.1 Å². The molecule has 1 aliphatic rings. The van der Waals surface area contributed by atoms with Gasteiger partial charge in [0.25, 0.3) is 0 Å². The number of carbonyl (C=O) groups is 5. The zero-order valence-electron chi connectivity index (χ0n) is 21.3. The van der Waals surface area contributed by atoms with Crippen LogP contribution in [0.4, 0.5) is 0 Å². The molecule has 2 rings (SSSR count). The number of amides is 4. The first kappa shape index (κ1) is 30.5. The fourth-order valence-electron chi connectivity index (χ4n) is 4.32. The zero-order valence-corrected chi connectivity index (χ0v) is 21.3. The van der Waals surface area contributed by atoms with Gasteiger partial charge in [-0.25, -0.2) is 4.79 Å². The third-order valence-corrected chi connectivity index (χ3v) is 6.42. The first-order valence-corrected chi connectivity index (χ1v) is 12.7. The van der Waals surface area contributed by atoms with Gasteiger partial charge < -0.3 is 42.9 Å². The summed E-state index contributed by atoms with van der Waals surface area (Å²) in [6, 6.07) is 1.89. The molecular weight excluding hydrogens is 496 g/mol. The average Bonchev–Trinajstić information content (AvgIpc) is 3.37. The Hall–Kier alpha value is -3.71. The van der Waals surface area contributed by atoms with Gasteiger partial charge in [0.05, 0.1) is 6.04 Å². The summed E-state index contributed by atoms with van der Waals surface area (Å²) in [5.74, 6) is -3.62. The molecule has 0 radical (unpaired) electrons. The van der Waals surface area contributed by atoms with Gasteiger partial charge in [-0.15, -0.1) is 0 Å². The number of aromatic hydroxyl groups is 1. The number of carboxylic acids is 1. The van der Waals surface area contributed by atoms with Crippen molar-refractivity contribution in [3.05, 3.63) is 29.8 Å². The third-order valence-electron chi connectivity index (χ3n) is 6.42. The van der Waals surface area contributed by atoms with E-state index in [0.29, 0.717) is 37.8 Å². The molecule has 0 aromatic heterocycles. The summed E-state index contributed by atoms with van der Waals surface area (Å²) in [5, 5.41) is 24.1. The van der Waals surface area contributed by atoms with Gasteiger partial charge in [-0.3, -0.25) is 19.2 Å². The predicted octanol–water partition coefficient (Wildman–Crippen LogP) is -1.30. The van der Waals surface area contributed by atoms with E-state index < -0.39 is 53.8 Å². The van der Waals surface area contributed by atoms with Crippen LogP contribution in [0.15, 0.2) is 24.3 Å². The summed E-state index contributed by atoms with van der Waals surface area (Å²) in [6.07, 6.45) is 1.98. The Morgan fingerprint density at radius 3 is 2.26 bits per heavy atom. The van der Waals surface area contributed by atoms with Crippen molar-refractivity contribution in [3.63, 3.8) is 0 Å². The van der Waals surface area contributed by atoms with Crippen LogP contribution >= 0.6 is 0 Å². The molecule has 210 valence electrons. The van der Waals surface area contributed by atoms with Gasteiger partial charge in [-0.1, -0.05) is 12.1 Å². The third kappa shape index (κ3) is 9.30. The van der Waals surface area contributed by atoms with E-state index >= 15 is 0 Å². The molecule has 1 heterocycles. The van der Waals surface area contributed by atoms with Gasteiger partial charge in [-0.05, 0) is 69.2 Å². The van der Waals surface area contributed by atoms with Crippen LogP contribution in [0.2, 0.25) is 0 Å². The molecule has 1 aromatic carbocycles. The maximum atomic E-state index is 13.3. The lowest BCUT2D eigenvalue weighted by atomic mass is 10.0. The van der Waals surface area contributed by atoms with Crippen molar-refractivity contribution in [1.29, 1.82) is 0 Å². The van der Waals surface area contributed by atoms with E-state index in [2.05, 4.69) is 10.6 Å². The number of carboxylic acid groups (broad SMARTS) is 1. The number of nitrogens with two attached hydrogens (primary N) is 3. The molecule has 13 heteroatoms. The molecule has 1 aromatic rings. The van der Waals surface area contributed by atoms with Gasteiger partial charge in [0.2, 0.25) is 23.6 Å². The molecule has 38 heavy (non-hydrogen) atoms. The first-order chi connectivity index (χ1) is 18.0. The number of hydrogen-bond donors (Lipinski definition) is 7. The van der Waals surface area contributed by atoms with Gasteiger partial charge in [0, 0.05) is 13.0 Å². The predicted molar refractivity (Wildman–Crippen MR) is 137 cm³/mol. The molecule has 0 spiro atoms. The molecule has 4 atom stereocenters. The number of likely N-dealkylation sites (tertiary alicyclic amines) is 1. The molecule has 0 saturated carbocycles. The Kier molecular flexibility index (Phi) is 12.0. The standard InChI is InChI=1S/C25H38N6O7/c26-12-2-1-4-19(24(36)31-13-3-5-20(31)25(37)38)30-23(35)18(10-11-21(28)33)29-22(34)17(27)14-15-6-8-16(32)9-7-15/h6-9,17-20,32H,1-5,10-14,26-27H2,(H2,28,33)(H,29,34)(H,30,35)(H,37,38). The molecule has 4 unspecified atom stereocenters. The lowest BCUT2D eigenvalue weighted by Crippen LogP contribution is -2.57. The second-order valence-corrected chi connectivity index (χ2v) is 9.42. The number of carbonyl (C=O) groups excluding carboxylic acids is 4. The summed E-state index contributed by atoms with van der Waals surface area (Å²) in [5.41, 5.74) is 17.5. The SMILES string of the molecule is NCCCCC(NC(=O)C(CCC(N)=O)NC(=O)C(N)Cc1ccc(O)cc1)C(=O)N1CCCC1C(=O)O. The van der Waals surface area contributed by atoms with Crippen molar-refractivity contribution < 1.29 is 34.2 Å². The van der Waals surface area contributed by atoms with E-state index in [9.17, 15) is 34.2 Å². The number of nitrogens with one attached hydrogen (secondary N) is 2. The number of aliphatic carboxylic acids is 1. The van der Waals surface area contributed by atoms with E-state index in [1.165, 1.54) is 17.0 Å². The number of hydrogen-bond acceptors (Lipinski definition) is 8. The molecule has 0 aliphatic carbocycles. The van der Waals surface area contributed by atoms with E-state index in [1.54, 1.807) is 12.1 Å². The Labute approximate surface area is 221 Å². The lowest BCUT2D eigenvalue weighted by molar-refractivity contribution is -0.149. The highest BCUT2D eigenvalue weighted by Gasteiger charge is 2.38. The Balaban J connectivity index is 2.14. The Bertz CT molecular complexity index is 987. The zero-order chi connectivity index (χ0) is 28.2. The van der Waals surface area contributed by atoms with Gasteiger partial charge in [0.1, 0.15) is 23.9 Å². The smallest absolute Gasteiger partial charge is 0.326 e. The minimum absolute atomic E-state index is 0.0640. The highest BCUT2D eigenvalue weighted by atomic mass is 16.4. The van der Waals surface area contributed by atoms with Crippen molar-refractivity contribution in [2.45, 2.75) is 75.5 Å². The average molecular weight is 535 g/mol. The number of phenols is 1. The molecule has 1 aliphatic heterocycles. The van der Waals surface area contributed by atoms with Crippen LogP contribution in [-0.2, 0) is 30.4 Å². The summed E-state index contributed by atoms with van der Waals surface area (Å²) in [7, 11) is 0. The first-order valence-electron chi connectivity index (χ1n) is 12.7. The molecular formula is C25H38N6O7. The van der Waals surface area contributed by atoms with E-state index in [1.807, 2.05) is 0 Å². The van der Waals surface area contributed by atoms with Gasteiger partial charge in [-0.2, -0.15) is 0 Å². The van der Waals surface area contributed by atoms with Crippen LogP contribution in [-0.4, -0.2) is 82.0 Å². The topological polar surface area (TPSA) is 231 Å². The largest absolute Gasteiger partial charge is 0.508 e. The normalized spacial score (nSPS) is 17.3. The van der Waals surface area contributed by atoms with E-state index in [-0.39, 0.29) is 38.0 Å². The molecule has 1 saturated heterocycles. The van der Waals surface area contributed by atoms with Crippen molar-refractivity contribution in [1.82, 2.24) is 15.5 Å². The van der Waals surface area contributed by atoms with Gasteiger partial charge >= 0.3 is 5.97 Å². The van der Waals surface area contributed by atoms with Crippen molar-refractivity contribution >= 4 is 29.6 Å². The molecule has 0 bridgehead atoms. The minimum atomic E-state index is -1.21. The monoisotopic (exact) mass is 534 g/mol. The van der Waals surface area contributed by atoms with Crippen molar-refractivity contribution in [3.8, 4) is 5.75 Å². The number of nitrogens with zero attached hydrogens (tertiary/aromatic N) is 1. The highest BCUT2D eigenvalue weighted by molar-refractivity contribution is 5.94. The summed E-state index contributed by atoms with van der Waals surface area (Å²) >= 11 is 0. The second-order valence-electron chi connectivity index (χ2n) is 9.42. The number of unbranched alkanes of at least 4 members (excludes halogenated alkanes) is 1. The van der Waals surface area contributed by atoms with Crippen LogP contribution in [0.5, 0.6) is 5.75 Å². The molecule has 1 fully saturated rings. The Morgan fingerprint density at radius 2 is 1.66 bits per heavy atom. The number of phenolic OH excluding ortho intramolecular Hbond substituents is 1. The summed E-state index contributed by atoms with van der Waals surface area (Å²) < 4.78 is 0. The van der Waals surface area contributed by atoms with Crippen LogP contribution in [0.3, 0.4) is 0 Å². The van der Waals surface area contributed by atoms with Gasteiger partial charge in [0.15, 0.2) is 0 Å². The number of primary amides is 1. The highest BCUT2D eigenvalue weighted by Crippen LogP contribution is 2.20. The lowest BCUT2D eigenvalue weighted by Gasteiger charge is -2.29. The Morgan fingerprint density at radius 1 is 1.00 bits per heavy atom. The van der Waals surface area contributed by atoms with Crippen LogP contribution < -0.4 is 27.8 Å². The summed E-state index contributed by atoms with van der Waals surface area (Å²) in [4.78, 5) is 63.5. The maximum Gasteiger partial charge on any atom is 0.326 e. The number of rotatable bonds is 15. The fourth-order valence-corrected chi connectivity index (χ4v) is 4.32. The summed E-state index contributed by atoms with van der Waals surface area (Å²) in [6.45, 7) is 0.638. The second kappa shape index (κ2) is 14.9. The van der Waals surface area contributed by atoms with Crippen LogP contribution in [0.25, 0.3) is 0 Å². The molecule has 4 amide bonds. The van der Waals surface area contributed by atoms with E-state index in [0.717, 1.165) is 0 Å². The van der Waals surface area contributed by atoms with E-state index in [4.69, 9.17) is 17.2 Å². The molecule has 13 nitrogen and oxygen atoms in total. The fraction of sp³-hybridized carbons (Fsp3) is 0.560. The van der Waals surface area contributed by atoms with Crippen LogP contribution in [0.1, 0.15) is 50.5 Å². The van der Waals surface area contributed by atoms with Crippen LogP contribution in [0, 0.1) is 0 Å². The number of benzene rings is 1. The van der Waals surface area contributed by atoms with Crippen molar-refractivity contribution in [2.24, 2.45) is 17.2 Å². The maximum absolute atomic E-state index is 13.3.